The van der Waals surface area contributed by atoms with Crippen molar-refractivity contribution in [3.8, 4) is 33.5 Å². The van der Waals surface area contributed by atoms with E-state index in [1.165, 1.54) is 44.6 Å². The molecule has 69 heavy (non-hydrogen) atoms. The number of likely N-dealkylation sites (tertiary alicyclic amines) is 2. The normalized spacial score (nSPS) is 21.2. The number of nitrogens with zero attached hydrogens (tertiary/aromatic N) is 4. The molecule has 4 heterocycles. The van der Waals surface area contributed by atoms with Gasteiger partial charge in [0.1, 0.15) is 23.7 Å². The van der Waals surface area contributed by atoms with Gasteiger partial charge in [-0.1, -0.05) is 58.0 Å². The third-order valence-corrected chi connectivity index (χ3v) is 13.4. The van der Waals surface area contributed by atoms with Gasteiger partial charge in [0.2, 0.25) is 11.8 Å². The first-order chi connectivity index (χ1) is 32.8. The predicted octanol–water partition coefficient (Wildman–Crippen LogP) is 8.56. The molecule has 1 unspecified atom stereocenters. The molecule has 0 bridgehead atoms. The minimum absolute atomic E-state index is 0.0233. The molecule has 5 atom stereocenters. The van der Waals surface area contributed by atoms with Gasteiger partial charge in [0.25, 0.3) is 0 Å². The SMILES string of the molecule is CCOC1(OC)C[C@@H](c2ncc(-c3ccc4c(c3)C(F)(F)C(F)(F)c3cc(-c5ccc6nc([C@@H]7CCCN7C(=O)[C@@H](NC(=O)OC)C(C)C)[nH]c6c5)ccc3-4)[nH]2)N(C(=O)[C@@H](NC(=O)OC)C(C)C)C1. The third-order valence-electron chi connectivity index (χ3n) is 13.4. The number of halogens is 4. The zero-order valence-corrected chi connectivity index (χ0v) is 39.5. The summed E-state index contributed by atoms with van der Waals surface area (Å²) in [6, 6.07) is 10.2. The number of benzene rings is 3. The lowest BCUT2D eigenvalue weighted by Crippen LogP contribution is -2.52. The second-order valence-corrected chi connectivity index (χ2v) is 18.3. The van der Waals surface area contributed by atoms with Crippen molar-refractivity contribution in [2.45, 2.75) is 95.7 Å². The number of alkyl halides is 4. The monoisotopic (exact) mass is 960 g/mol. The van der Waals surface area contributed by atoms with Gasteiger partial charge in [-0.05, 0) is 78.1 Å². The van der Waals surface area contributed by atoms with Gasteiger partial charge in [-0.2, -0.15) is 17.6 Å². The van der Waals surface area contributed by atoms with Crippen LogP contribution in [0.15, 0.2) is 60.8 Å². The Balaban J connectivity index is 1.08. The Kier molecular flexibility index (Phi) is 13.3. The molecule has 2 fully saturated rings. The van der Waals surface area contributed by atoms with Crippen molar-refractivity contribution in [3.63, 3.8) is 0 Å². The maximum Gasteiger partial charge on any atom is 0.407 e. The molecule has 4 N–H and O–H groups in total. The summed E-state index contributed by atoms with van der Waals surface area (Å²) in [4.78, 5) is 70.9. The molecule has 20 heteroatoms. The number of rotatable bonds is 13. The van der Waals surface area contributed by atoms with Crippen molar-refractivity contribution in [3.05, 3.63) is 83.6 Å². The summed E-state index contributed by atoms with van der Waals surface area (Å²) in [5, 5.41) is 5.22. The predicted molar refractivity (Wildman–Crippen MR) is 245 cm³/mol. The van der Waals surface area contributed by atoms with Crippen molar-refractivity contribution >= 4 is 35.0 Å². The van der Waals surface area contributed by atoms with E-state index in [0.717, 1.165) is 12.1 Å². The van der Waals surface area contributed by atoms with Crippen LogP contribution in [-0.2, 0) is 40.4 Å². The van der Waals surface area contributed by atoms with E-state index in [-0.39, 0.29) is 71.1 Å². The maximum atomic E-state index is 16.4. The number of amides is 4. The van der Waals surface area contributed by atoms with Crippen LogP contribution in [0, 0.1) is 11.8 Å². The first-order valence-electron chi connectivity index (χ1n) is 22.9. The maximum absolute atomic E-state index is 16.4. The van der Waals surface area contributed by atoms with Crippen LogP contribution in [0.2, 0.25) is 0 Å². The fraction of sp³-hybridized carbons (Fsp3) is 0.469. The molecule has 3 aliphatic rings. The molecule has 0 radical (unpaired) electrons. The summed E-state index contributed by atoms with van der Waals surface area (Å²) in [7, 11) is 3.87. The van der Waals surface area contributed by atoms with Gasteiger partial charge in [0.05, 0.1) is 55.8 Å². The molecule has 0 spiro atoms. The summed E-state index contributed by atoms with van der Waals surface area (Å²) >= 11 is 0. The Hall–Kier alpha value is -6.54. The van der Waals surface area contributed by atoms with Crippen LogP contribution in [0.1, 0.15) is 88.7 Å². The Labute approximate surface area is 395 Å². The number of ether oxygens (including phenoxy) is 4. The van der Waals surface area contributed by atoms with Gasteiger partial charge in [-0.15, -0.1) is 0 Å². The van der Waals surface area contributed by atoms with E-state index in [4.69, 9.17) is 23.9 Å². The number of hydrogen-bond donors (Lipinski definition) is 4. The highest BCUT2D eigenvalue weighted by molar-refractivity contribution is 5.88. The average Bonchev–Trinajstić information content (AvgIpc) is 4.17. The quantitative estimate of drug-likeness (QED) is 0.0657. The molecule has 8 rings (SSSR count). The van der Waals surface area contributed by atoms with Crippen LogP contribution in [-0.4, -0.2) is 113 Å². The summed E-state index contributed by atoms with van der Waals surface area (Å²) in [6.07, 6.45) is 1.32. The first-order valence-corrected chi connectivity index (χ1v) is 22.9. The second kappa shape index (κ2) is 18.8. The molecule has 368 valence electrons. The number of aromatic nitrogens is 4. The number of nitrogens with one attached hydrogen (secondary N) is 4. The molecule has 0 saturated carbocycles. The number of imidazole rings is 2. The molecule has 3 aromatic carbocycles. The first kappa shape index (κ1) is 48.9. The molecule has 2 aliphatic heterocycles. The average molecular weight is 961 g/mol. The zero-order chi connectivity index (χ0) is 49.7. The number of aromatic amines is 2. The zero-order valence-electron chi connectivity index (χ0n) is 39.5. The van der Waals surface area contributed by atoms with Gasteiger partial charge in [-0.25, -0.2) is 19.6 Å². The Morgan fingerprint density at radius 1 is 0.754 bits per heavy atom. The summed E-state index contributed by atoms with van der Waals surface area (Å²) < 4.78 is 86.8. The van der Waals surface area contributed by atoms with E-state index < -0.39 is 71.0 Å². The number of methoxy groups -OCH3 is 3. The number of hydrogen-bond acceptors (Lipinski definition) is 10. The van der Waals surface area contributed by atoms with Crippen LogP contribution in [0.25, 0.3) is 44.5 Å². The lowest BCUT2D eigenvalue weighted by Gasteiger charge is -2.35. The van der Waals surface area contributed by atoms with E-state index in [2.05, 4.69) is 25.6 Å². The van der Waals surface area contributed by atoms with Crippen molar-refractivity contribution in [2.75, 3.05) is 41.0 Å². The van der Waals surface area contributed by atoms with Gasteiger partial charge < -0.3 is 49.3 Å². The van der Waals surface area contributed by atoms with E-state index in [9.17, 15) is 19.2 Å². The molecular formula is C49H56F4N8O8. The fourth-order valence-corrected chi connectivity index (χ4v) is 9.74. The van der Waals surface area contributed by atoms with Gasteiger partial charge in [0, 0.05) is 43.4 Å². The number of H-pyrrole nitrogens is 2. The number of carbonyl (C=O) groups excluding carboxylic acids is 4. The van der Waals surface area contributed by atoms with E-state index >= 15 is 17.6 Å². The van der Waals surface area contributed by atoms with Gasteiger partial charge in [-0.3, -0.25) is 9.59 Å². The highest BCUT2D eigenvalue weighted by Gasteiger charge is 2.63. The van der Waals surface area contributed by atoms with Crippen LogP contribution in [0.4, 0.5) is 27.2 Å². The van der Waals surface area contributed by atoms with Crippen LogP contribution >= 0.6 is 0 Å². The number of fused-ring (bicyclic) bond motifs is 4. The lowest BCUT2D eigenvalue weighted by molar-refractivity contribution is -0.225. The molecule has 4 amide bonds. The molecular weight excluding hydrogens is 905 g/mol. The van der Waals surface area contributed by atoms with Crippen LogP contribution in [0.3, 0.4) is 0 Å². The molecule has 5 aromatic rings. The van der Waals surface area contributed by atoms with Crippen LogP contribution in [0.5, 0.6) is 0 Å². The highest BCUT2D eigenvalue weighted by Crippen LogP contribution is 2.59. The highest BCUT2D eigenvalue weighted by atomic mass is 19.3. The Morgan fingerprint density at radius 3 is 1.90 bits per heavy atom. The molecule has 2 aromatic heterocycles. The largest absolute Gasteiger partial charge is 0.453 e. The Bertz CT molecular complexity index is 2780. The van der Waals surface area contributed by atoms with Crippen molar-refractivity contribution in [1.29, 1.82) is 0 Å². The van der Waals surface area contributed by atoms with Gasteiger partial charge in [0.15, 0.2) is 5.79 Å². The minimum atomic E-state index is -4.64. The summed E-state index contributed by atoms with van der Waals surface area (Å²) in [5.41, 5.74) is 0.449. The minimum Gasteiger partial charge on any atom is -0.453 e. The molecule has 16 nitrogen and oxygen atoms in total. The van der Waals surface area contributed by atoms with Gasteiger partial charge >= 0.3 is 24.0 Å². The summed E-state index contributed by atoms with van der Waals surface area (Å²) in [6.45, 7) is 9.64. The lowest BCUT2D eigenvalue weighted by atomic mass is 9.78. The van der Waals surface area contributed by atoms with Crippen molar-refractivity contribution in [2.24, 2.45) is 11.8 Å². The number of alkyl carbamates (subject to hydrolysis) is 2. The smallest absolute Gasteiger partial charge is 0.407 e. The standard InChI is InChI=1S/C49H56F4N8O8/c1-9-69-47(68-8)22-38(61(24-47)44(63)40(26(4)5)59-46(65)67-7)41-54-23-36(57-41)29-13-16-31-30-15-12-27(19-32(30)48(50,51)49(52,53)33(31)20-29)28-14-17-34-35(21-28)56-42(55-34)37-11-10-18-60(37)43(62)39(25(2)3)58-45(64)66-6/h12-17,19-21,23,25-26,37-40H,9-11,18,22,24H2,1-8H3,(H,54,57)(H,55,56)(H,58,64)(H,59,65)/t37-,38-,39-,40-,47?/m0/s1. The van der Waals surface area contributed by atoms with Crippen LogP contribution < -0.4 is 10.6 Å². The van der Waals surface area contributed by atoms with Crippen molar-refractivity contribution < 1.29 is 55.7 Å². The Morgan fingerprint density at radius 2 is 1.32 bits per heavy atom. The van der Waals surface area contributed by atoms with E-state index in [1.807, 2.05) is 13.8 Å². The third kappa shape index (κ3) is 8.76. The topological polar surface area (TPSA) is 193 Å². The summed E-state index contributed by atoms with van der Waals surface area (Å²) in [5.74, 6) is -11.0. The second-order valence-electron chi connectivity index (χ2n) is 18.3. The number of carbonyl (C=O) groups is 4. The van der Waals surface area contributed by atoms with E-state index in [0.29, 0.717) is 41.8 Å². The van der Waals surface area contributed by atoms with E-state index in [1.54, 1.807) is 56.0 Å². The molecule has 2 saturated heterocycles. The van der Waals surface area contributed by atoms with Crippen molar-refractivity contribution in [1.82, 2.24) is 40.4 Å². The fourth-order valence-electron chi connectivity index (χ4n) is 9.74. The molecule has 1 aliphatic carbocycles.